The number of thioether (sulfide) groups is 1. The lowest BCUT2D eigenvalue weighted by Gasteiger charge is -2.13. The fraction of sp³-hybridized carbons (Fsp3) is 0.350. The summed E-state index contributed by atoms with van der Waals surface area (Å²) < 4.78 is 11.3. The van der Waals surface area contributed by atoms with Crippen molar-refractivity contribution in [2.75, 3.05) is 24.3 Å². The molecule has 0 aliphatic carbocycles. The normalized spacial score (nSPS) is 13.2. The topological polar surface area (TPSA) is 47.6 Å². The minimum Gasteiger partial charge on any atom is -0.490 e. The van der Waals surface area contributed by atoms with E-state index in [1.165, 1.54) is 17.3 Å². The second kappa shape index (κ2) is 7.83. The van der Waals surface area contributed by atoms with Crippen molar-refractivity contribution in [2.24, 2.45) is 0 Å². The van der Waals surface area contributed by atoms with Gasteiger partial charge in [0.05, 0.1) is 19.0 Å². The third kappa shape index (κ3) is 4.48. The monoisotopic (exact) mass is 357 g/mol. The zero-order valence-corrected chi connectivity index (χ0v) is 15.7. The molecule has 5 heteroatoms. The molecule has 1 amide bonds. The molecule has 0 fully saturated rings. The van der Waals surface area contributed by atoms with Gasteiger partial charge in [-0.05, 0) is 50.1 Å². The zero-order chi connectivity index (χ0) is 17.8. The average Bonchev–Trinajstić information content (AvgIpc) is 2.81. The van der Waals surface area contributed by atoms with Crippen LogP contribution in [0.4, 0.5) is 5.69 Å². The largest absolute Gasteiger partial charge is 0.490 e. The quantitative estimate of drug-likeness (QED) is 0.818. The summed E-state index contributed by atoms with van der Waals surface area (Å²) in [7, 11) is 0. The molecule has 25 heavy (non-hydrogen) atoms. The summed E-state index contributed by atoms with van der Waals surface area (Å²) in [6, 6.07) is 9.99. The lowest BCUT2D eigenvalue weighted by atomic mass is 10.1. The number of aryl methyl sites for hydroxylation is 3. The van der Waals surface area contributed by atoms with Crippen LogP contribution in [0.2, 0.25) is 0 Å². The molecule has 1 N–H and O–H groups in total. The van der Waals surface area contributed by atoms with Crippen LogP contribution in [0.15, 0.2) is 35.2 Å². The van der Waals surface area contributed by atoms with E-state index in [0.717, 1.165) is 39.6 Å². The van der Waals surface area contributed by atoms with Gasteiger partial charge in [-0.2, -0.15) is 0 Å². The van der Waals surface area contributed by atoms with Crippen LogP contribution in [0.1, 0.15) is 23.1 Å². The van der Waals surface area contributed by atoms with Gasteiger partial charge >= 0.3 is 0 Å². The number of benzene rings is 2. The fourth-order valence-corrected chi connectivity index (χ4v) is 3.66. The van der Waals surface area contributed by atoms with Crippen LogP contribution in [0, 0.1) is 20.8 Å². The van der Waals surface area contributed by atoms with Gasteiger partial charge in [0.25, 0.3) is 0 Å². The molecule has 1 heterocycles. The van der Waals surface area contributed by atoms with Crippen molar-refractivity contribution in [3.8, 4) is 11.5 Å². The number of fused-ring (bicyclic) bond motifs is 1. The lowest BCUT2D eigenvalue weighted by Crippen LogP contribution is -2.15. The third-order valence-corrected chi connectivity index (χ3v) is 5.02. The summed E-state index contributed by atoms with van der Waals surface area (Å²) in [5.74, 6) is 1.88. The first-order valence-electron chi connectivity index (χ1n) is 8.43. The Hall–Kier alpha value is -2.14. The van der Waals surface area contributed by atoms with E-state index in [1.807, 2.05) is 32.0 Å². The van der Waals surface area contributed by atoms with Gasteiger partial charge in [-0.15, -0.1) is 11.8 Å². The highest BCUT2D eigenvalue weighted by molar-refractivity contribution is 8.00. The van der Waals surface area contributed by atoms with Crippen LogP contribution in [0.3, 0.4) is 0 Å². The first-order valence-corrected chi connectivity index (χ1v) is 9.41. The molecule has 132 valence electrons. The first-order chi connectivity index (χ1) is 12.0. The minimum absolute atomic E-state index is 0.00726. The van der Waals surface area contributed by atoms with Gasteiger partial charge in [-0.3, -0.25) is 4.79 Å². The molecule has 2 aromatic rings. The van der Waals surface area contributed by atoms with Gasteiger partial charge in [-0.1, -0.05) is 17.7 Å². The number of rotatable bonds is 4. The molecule has 0 bridgehead atoms. The Balaban J connectivity index is 1.62. The summed E-state index contributed by atoms with van der Waals surface area (Å²) in [4.78, 5) is 13.3. The van der Waals surface area contributed by atoms with Crippen molar-refractivity contribution >= 4 is 23.4 Å². The zero-order valence-electron chi connectivity index (χ0n) is 14.8. The highest BCUT2D eigenvalue weighted by atomic mass is 32.2. The summed E-state index contributed by atoms with van der Waals surface area (Å²) in [6.07, 6.45) is 0.884. The van der Waals surface area contributed by atoms with E-state index in [9.17, 15) is 4.79 Å². The number of anilines is 1. The third-order valence-electron chi connectivity index (χ3n) is 4.03. The number of hydrogen-bond acceptors (Lipinski definition) is 4. The standard InChI is InChI=1S/C20H23NO3S/c1-13-9-14(2)20(15(3)10-13)21-19(22)12-25-16-5-6-17-18(11-16)24-8-4-7-23-17/h5-6,9-11H,4,7-8,12H2,1-3H3,(H,21,22). The molecule has 0 spiro atoms. The van der Waals surface area contributed by atoms with Crippen LogP contribution in [-0.4, -0.2) is 24.9 Å². The Bertz CT molecular complexity index is 766. The maximum atomic E-state index is 12.3. The maximum Gasteiger partial charge on any atom is 0.234 e. The SMILES string of the molecule is Cc1cc(C)c(NC(=O)CSc2ccc3c(c2)OCCCO3)c(C)c1. The first kappa shape index (κ1) is 17.7. The van der Waals surface area contributed by atoms with Gasteiger partial charge in [0.15, 0.2) is 11.5 Å². The summed E-state index contributed by atoms with van der Waals surface area (Å²) in [6.45, 7) is 7.44. The van der Waals surface area contributed by atoms with Crippen LogP contribution in [-0.2, 0) is 4.79 Å². The highest BCUT2D eigenvalue weighted by Crippen LogP contribution is 2.34. The van der Waals surface area contributed by atoms with Crippen molar-refractivity contribution < 1.29 is 14.3 Å². The van der Waals surface area contributed by atoms with Crippen LogP contribution in [0.25, 0.3) is 0 Å². The van der Waals surface area contributed by atoms with E-state index in [0.29, 0.717) is 19.0 Å². The van der Waals surface area contributed by atoms with Crippen molar-refractivity contribution in [3.05, 3.63) is 47.0 Å². The van der Waals surface area contributed by atoms with Crippen molar-refractivity contribution in [1.82, 2.24) is 0 Å². The summed E-state index contributed by atoms with van der Waals surface area (Å²) >= 11 is 1.49. The lowest BCUT2D eigenvalue weighted by molar-refractivity contribution is -0.113. The molecule has 0 atom stereocenters. The predicted molar refractivity (Wildman–Crippen MR) is 102 cm³/mol. The van der Waals surface area contributed by atoms with E-state index in [4.69, 9.17) is 9.47 Å². The van der Waals surface area contributed by atoms with Crippen molar-refractivity contribution in [1.29, 1.82) is 0 Å². The van der Waals surface area contributed by atoms with Crippen LogP contribution in [0.5, 0.6) is 11.5 Å². The molecule has 2 aromatic carbocycles. The van der Waals surface area contributed by atoms with Crippen molar-refractivity contribution in [2.45, 2.75) is 32.1 Å². The molecule has 3 rings (SSSR count). The second-order valence-corrected chi connectivity index (χ2v) is 7.32. The average molecular weight is 357 g/mol. The van der Waals surface area contributed by atoms with Gasteiger partial charge < -0.3 is 14.8 Å². The van der Waals surface area contributed by atoms with E-state index >= 15 is 0 Å². The Morgan fingerprint density at radius 2 is 1.72 bits per heavy atom. The van der Waals surface area contributed by atoms with Crippen molar-refractivity contribution in [3.63, 3.8) is 0 Å². The molecule has 1 aliphatic rings. The van der Waals surface area contributed by atoms with Crippen LogP contribution < -0.4 is 14.8 Å². The predicted octanol–water partition coefficient (Wildman–Crippen LogP) is 4.50. The Labute approximate surface area is 152 Å². The number of carbonyl (C=O) groups is 1. The molecule has 0 unspecified atom stereocenters. The molecule has 4 nitrogen and oxygen atoms in total. The summed E-state index contributed by atoms with van der Waals surface area (Å²) in [5.41, 5.74) is 4.29. The van der Waals surface area contributed by atoms with E-state index in [1.54, 1.807) is 0 Å². The number of carbonyl (C=O) groups excluding carboxylic acids is 1. The second-order valence-electron chi connectivity index (χ2n) is 6.27. The Morgan fingerprint density at radius 1 is 1.04 bits per heavy atom. The van der Waals surface area contributed by atoms with E-state index in [2.05, 4.69) is 24.4 Å². The molecule has 0 saturated heterocycles. The molecule has 0 aromatic heterocycles. The minimum atomic E-state index is -0.00726. The van der Waals surface area contributed by atoms with Gasteiger partial charge in [-0.25, -0.2) is 0 Å². The molecule has 0 saturated carbocycles. The van der Waals surface area contributed by atoms with Gasteiger partial charge in [0.2, 0.25) is 5.91 Å². The van der Waals surface area contributed by atoms with E-state index in [-0.39, 0.29) is 5.91 Å². The molecule has 1 aliphatic heterocycles. The van der Waals surface area contributed by atoms with Gasteiger partial charge in [0, 0.05) is 17.0 Å². The smallest absolute Gasteiger partial charge is 0.234 e. The fourth-order valence-electron chi connectivity index (χ4n) is 2.93. The van der Waals surface area contributed by atoms with Crippen LogP contribution >= 0.6 is 11.8 Å². The molecular weight excluding hydrogens is 334 g/mol. The summed E-state index contributed by atoms with van der Waals surface area (Å²) in [5, 5.41) is 3.03. The Kier molecular flexibility index (Phi) is 5.53. The molecule has 0 radical (unpaired) electrons. The maximum absolute atomic E-state index is 12.3. The Morgan fingerprint density at radius 3 is 2.44 bits per heavy atom. The number of hydrogen-bond donors (Lipinski definition) is 1. The molecular formula is C20H23NO3S. The number of nitrogens with one attached hydrogen (secondary N) is 1. The number of amides is 1. The highest BCUT2D eigenvalue weighted by Gasteiger charge is 2.13. The van der Waals surface area contributed by atoms with E-state index < -0.39 is 0 Å². The van der Waals surface area contributed by atoms with Gasteiger partial charge in [0.1, 0.15) is 0 Å². The number of ether oxygens (including phenoxy) is 2.